The lowest BCUT2D eigenvalue weighted by atomic mass is 9.97. The van der Waals surface area contributed by atoms with Gasteiger partial charge in [-0.15, -0.1) is 0 Å². The predicted octanol–water partition coefficient (Wildman–Crippen LogP) is 4.49. The number of nitrogens with zero attached hydrogens (tertiary/aromatic N) is 1. The zero-order valence-corrected chi connectivity index (χ0v) is 12.8. The Morgan fingerprint density at radius 1 is 1.08 bits per heavy atom. The monoisotopic (exact) mass is 336 g/mol. The van der Waals surface area contributed by atoms with Crippen LogP contribution in [-0.4, -0.2) is 18.8 Å². The summed E-state index contributed by atoms with van der Waals surface area (Å²) in [5, 5.41) is 2.69. The number of amides is 2. The average molecular weight is 336 g/mol. The highest BCUT2D eigenvalue weighted by Crippen LogP contribution is 2.42. The van der Waals surface area contributed by atoms with Crippen molar-refractivity contribution in [3.63, 3.8) is 0 Å². The van der Waals surface area contributed by atoms with Crippen LogP contribution in [0.25, 0.3) is 0 Å². The van der Waals surface area contributed by atoms with E-state index in [9.17, 15) is 18.0 Å². The number of hydrogen-bond donors (Lipinski definition) is 1. The predicted molar refractivity (Wildman–Crippen MR) is 83.7 cm³/mol. The second-order valence-corrected chi connectivity index (χ2v) is 5.53. The van der Waals surface area contributed by atoms with E-state index in [2.05, 4.69) is 5.32 Å². The van der Waals surface area contributed by atoms with E-state index in [1.165, 1.54) is 11.8 Å². The number of anilines is 2. The normalized spacial score (nSPS) is 20.5. The molecule has 3 rings (SSSR count). The Bertz CT molecular complexity index is 749. The molecule has 1 heterocycles. The van der Waals surface area contributed by atoms with Crippen molar-refractivity contribution in [3.05, 3.63) is 60.2 Å². The van der Waals surface area contributed by atoms with Gasteiger partial charge in [-0.3, -0.25) is 4.90 Å². The summed E-state index contributed by atoms with van der Waals surface area (Å²) in [5.74, 6) is 0. The van der Waals surface area contributed by atoms with Crippen LogP contribution >= 0.6 is 0 Å². The highest BCUT2D eigenvalue weighted by atomic mass is 19.4. The summed E-state index contributed by atoms with van der Waals surface area (Å²) in [6.45, 7) is -0.00222. The molecule has 0 spiro atoms. The second kappa shape index (κ2) is 5.83. The van der Waals surface area contributed by atoms with E-state index >= 15 is 0 Å². The number of benzene rings is 2. The van der Waals surface area contributed by atoms with Gasteiger partial charge in [0.1, 0.15) is 6.61 Å². The van der Waals surface area contributed by atoms with Crippen molar-refractivity contribution in [1.29, 1.82) is 0 Å². The number of carbonyl (C=O) groups excluding carboxylic acids is 1. The van der Waals surface area contributed by atoms with Gasteiger partial charge in [-0.1, -0.05) is 36.4 Å². The summed E-state index contributed by atoms with van der Waals surface area (Å²) in [5.41, 5.74) is -0.262. The van der Waals surface area contributed by atoms with Gasteiger partial charge in [0.15, 0.2) is 5.72 Å². The smallest absolute Gasteiger partial charge is 0.342 e. The fourth-order valence-corrected chi connectivity index (χ4v) is 2.79. The molecule has 126 valence electrons. The Labute approximate surface area is 136 Å². The van der Waals surface area contributed by atoms with Crippen molar-refractivity contribution in [2.24, 2.45) is 0 Å². The fraction of sp³-hybridized carbons (Fsp3) is 0.235. The number of halogens is 3. The van der Waals surface area contributed by atoms with Gasteiger partial charge in [-0.2, -0.15) is 13.2 Å². The van der Waals surface area contributed by atoms with Crippen LogP contribution in [0.5, 0.6) is 0 Å². The number of carbonyl (C=O) groups is 1. The molecule has 2 amide bonds. The molecule has 2 aromatic rings. The van der Waals surface area contributed by atoms with Gasteiger partial charge < -0.3 is 10.1 Å². The van der Waals surface area contributed by atoms with Crippen LogP contribution in [0.15, 0.2) is 54.6 Å². The first kappa shape index (κ1) is 16.3. The summed E-state index contributed by atoms with van der Waals surface area (Å²) in [6.07, 6.45) is -4.51. The molecule has 0 saturated carbocycles. The van der Waals surface area contributed by atoms with Gasteiger partial charge in [0.05, 0.1) is 5.69 Å². The molecule has 0 aliphatic carbocycles. The molecule has 1 aliphatic rings. The van der Waals surface area contributed by atoms with Crippen LogP contribution < -0.4 is 10.2 Å². The molecular formula is C17H15F3N2O2. The third-order valence-electron chi connectivity index (χ3n) is 3.83. The van der Waals surface area contributed by atoms with E-state index in [1.807, 2.05) is 0 Å². The second-order valence-electron chi connectivity index (χ2n) is 5.53. The van der Waals surface area contributed by atoms with E-state index in [0.29, 0.717) is 16.9 Å². The molecule has 0 radical (unpaired) electrons. The number of alkyl halides is 3. The lowest BCUT2D eigenvalue weighted by Crippen LogP contribution is -2.55. The maximum absolute atomic E-state index is 12.7. The summed E-state index contributed by atoms with van der Waals surface area (Å²) in [6, 6.07) is 14.5. The van der Waals surface area contributed by atoms with E-state index in [0.717, 1.165) is 0 Å². The zero-order chi connectivity index (χ0) is 17.4. The van der Waals surface area contributed by atoms with Crippen molar-refractivity contribution < 1.29 is 22.7 Å². The third kappa shape index (κ3) is 2.94. The average Bonchev–Trinajstić information content (AvgIpc) is 2.53. The first-order chi connectivity index (χ1) is 11.3. The maximum atomic E-state index is 12.7. The number of urea groups is 1. The van der Waals surface area contributed by atoms with E-state index in [-0.39, 0.29) is 0 Å². The molecule has 24 heavy (non-hydrogen) atoms. The molecule has 0 fully saturated rings. The standard InChI is InChI=1S/C17H15F3N2O2/c1-16(24-11-17(18,19)20)13-9-5-6-10-14(13)21-15(23)22(16)12-7-3-2-4-8-12/h2-10H,11H2,1H3,(H,21,23). The summed E-state index contributed by atoms with van der Waals surface area (Å²) in [7, 11) is 0. The molecule has 2 aromatic carbocycles. The zero-order valence-electron chi connectivity index (χ0n) is 12.8. The molecule has 1 unspecified atom stereocenters. The number of para-hydroxylation sites is 2. The van der Waals surface area contributed by atoms with Crippen LogP contribution in [0, 0.1) is 0 Å². The minimum atomic E-state index is -4.51. The first-order valence-corrected chi connectivity index (χ1v) is 7.28. The van der Waals surface area contributed by atoms with Crippen LogP contribution in [0.4, 0.5) is 29.3 Å². The molecule has 1 aliphatic heterocycles. The van der Waals surface area contributed by atoms with E-state index < -0.39 is 24.5 Å². The Morgan fingerprint density at radius 3 is 2.38 bits per heavy atom. The van der Waals surface area contributed by atoms with Gasteiger partial charge in [0.2, 0.25) is 0 Å². The number of rotatable bonds is 3. The Balaban J connectivity index is 2.11. The van der Waals surface area contributed by atoms with Gasteiger partial charge >= 0.3 is 12.2 Å². The number of hydrogen-bond acceptors (Lipinski definition) is 2. The highest BCUT2D eigenvalue weighted by molar-refractivity contribution is 6.05. The molecule has 0 saturated heterocycles. The molecule has 7 heteroatoms. The highest BCUT2D eigenvalue weighted by Gasteiger charge is 2.46. The third-order valence-corrected chi connectivity index (χ3v) is 3.83. The summed E-state index contributed by atoms with van der Waals surface area (Å²) < 4.78 is 43.5. The Hall–Kier alpha value is -2.54. The molecule has 0 bridgehead atoms. The molecular weight excluding hydrogens is 321 g/mol. The lowest BCUT2D eigenvalue weighted by Gasteiger charge is -2.45. The summed E-state index contributed by atoms with van der Waals surface area (Å²) >= 11 is 0. The van der Waals surface area contributed by atoms with Crippen LogP contribution in [0.3, 0.4) is 0 Å². The van der Waals surface area contributed by atoms with Crippen LogP contribution in [-0.2, 0) is 10.5 Å². The molecule has 1 atom stereocenters. The quantitative estimate of drug-likeness (QED) is 0.897. The fourth-order valence-electron chi connectivity index (χ4n) is 2.79. The minimum Gasteiger partial charge on any atom is -0.342 e. The van der Waals surface area contributed by atoms with E-state index in [4.69, 9.17) is 4.74 Å². The number of fused-ring (bicyclic) bond motifs is 1. The van der Waals surface area contributed by atoms with Gasteiger partial charge in [0.25, 0.3) is 0 Å². The Kier molecular flexibility index (Phi) is 3.96. The van der Waals surface area contributed by atoms with Crippen molar-refractivity contribution in [3.8, 4) is 0 Å². The maximum Gasteiger partial charge on any atom is 0.411 e. The Morgan fingerprint density at radius 2 is 1.71 bits per heavy atom. The van der Waals surface area contributed by atoms with Crippen molar-refractivity contribution >= 4 is 17.4 Å². The van der Waals surface area contributed by atoms with E-state index in [1.54, 1.807) is 54.6 Å². The van der Waals surface area contributed by atoms with Crippen molar-refractivity contribution in [2.45, 2.75) is 18.8 Å². The SMILES string of the molecule is CC1(OCC(F)(F)F)c2ccccc2NC(=O)N1c1ccccc1. The molecule has 4 nitrogen and oxygen atoms in total. The van der Waals surface area contributed by atoms with Crippen molar-refractivity contribution in [1.82, 2.24) is 0 Å². The minimum absolute atomic E-state index is 0.430. The summed E-state index contributed by atoms with van der Waals surface area (Å²) in [4.78, 5) is 13.7. The largest absolute Gasteiger partial charge is 0.411 e. The topological polar surface area (TPSA) is 41.6 Å². The van der Waals surface area contributed by atoms with Gasteiger partial charge in [-0.05, 0) is 25.1 Å². The number of ether oxygens (including phenoxy) is 1. The lowest BCUT2D eigenvalue weighted by molar-refractivity contribution is -0.203. The van der Waals surface area contributed by atoms with Gasteiger partial charge in [0, 0.05) is 11.3 Å². The number of nitrogens with one attached hydrogen (secondary N) is 1. The van der Waals surface area contributed by atoms with Crippen molar-refractivity contribution in [2.75, 3.05) is 16.8 Å². The van der Waals surface area contributed by atoms with Crippen LogP contribution in [0.1, 0.15) is 12.5 Å². The van der Waals surface area contributed by atoms with Gasteiger partial charge in [-0.25, -0.2) is 4.79 Å². The first-order valence-electron chi connectivity index (χ1n) is 7.28. The van der Waals surface area contributed by atoms with Crippen LogP contribution in [0.2, 0.25) is 0 Å². The molecule has 0 aromatic heterocycles. The molecule has 1 N–H and O–H groups in total.